The van der Waals surface area contributed by atoms with Crippen LogP contribution in [0.15, 0.2) is 69.6 Å². The number of anilines is 1. The van der Waals surface area contributed by atoms with Gasteiger partial charge in [0.15, 0.2) is 0 Å². The van der Waals surface area contributed by atoms with E-state index in [1.807, 2.05) is 40.7 Å². The number of nitrogens with zero attached hydrogens (tertiary/aromatic N) is 2. The molecule has 1 unspecified atom stereocenters. The van der Waals surface area contributed by atoms with E-state index in [1.54, 1.807) is 25.2 Å². The molecule has 23 heteroatoms. The van der Waals surface area contributed by atoms with Gasteiger partial charge < -0.3 is 56.5 Å². The fourth-order valence-corrected chi connectivity index (χ4v) is 9.52. The number of carboxylic acid groups (broad SMARTS) is 1. The first kappa shape index (κ1) is 59.5. The Morgan fingerprint density at radius 1 is 0.761 bits per heavy atom. The van der Waals surface area contributed by atoms with Crippen molar-refractivity contribution in [1.82, 2.24) is 4.58 Å². The minimum Gasteiger partial charge on any atom is -0.748 e. The topological polar surface area (TPSA) is 284 Å². The lowest BCUT2D eigenvalue weighted by molar-refractivity contribution is -0.138. The minimum atomic E-state index is -4.88. The first-order chi connectivity index (χ1) is 33.4. The first-order valence-corrected chi connectivity index (χ1v) is 28.0. The molecule has 0 radical (unpaired) electrons. The number of hydrogen-bond donors (Lipinski definition) is 1. The van der Waals surface area contributed by atoms with Crippen LogP contribution in [0.3, 0.4) is 0 Å². The van der Waals surface area contributed by atoms with Crippen LogP contribution in [0, 0.1) is 0 Å². The molecular formula is C48H68N2O18S3-2. The van der Waals surface area contributed by atoms with Crippen molar-refractivity contribution in [3.05, 3.63) is 82.6 Å². The lowest BCUT2D eigenvalue weighted by atomic mass is 9.77. The van der Waals surface area contributed by atoms with Gasteiger partial charge in [0.05, 0.1) is 117 Å². The SMILES string of the molecule is CC[N+](CCCS(=O)(=O)[O-])=c1ccc2c(C(C)(C)C)cc(/C=C/C=C3/N(CCOCCOCCOCCOCCOCCOCCC(=O)O)c4ccc(S(=O)(=O)[O-])cc4C3(C)CCCS(=O)(=O)[O-])oc-2c1. The molecule has 0 aromatic heterocycles. The summed E-state index contributed by atoms with van der Waals surface area (Å²) >= 11 is 0. The number of aliphatic carboxylic acids is 1. The largest absolute Gasteiger partial charge is 0.748 e. The predicted octanol–water partition coefficient (Wildman–Crippen LogP) is 3.89. The molecule has 1 aromatic carbocycles. The molecule has 2 aliphatic heterocycles. The normalized spacial score (nSPS) is 16.7. The molecule has 1 aromatic rings. The Bertz CT molecular complexity index is 2640. The van der Waals surface area contributed by atoms with Crippen LogP contribution in [-0.4, -0.2) is 160 Å². The fraction of sp³-hybridized carbons (Fsp3) is 0.583. The summed E-state index contributed by atoms with van der Waals surface area (Å²) in [5.74, 6) is -1.00. The Morgan fingerprint density at radius 3 is 1.83 bits per heavy atom. The van der Waals surface area contributed by atoms with Crippen LogP contribution in [0.2, 0.25) is 0 Å². The Labute approximate surface area is 417 Å². The molecule has 71 heavy (non-hydrogen) atoms. The van der Waals surface area contributed by atoms with Crippen molar-refractivity contribution >= 4 is 48.1 Å². The van der Waals surface area contributed by atoms with E-state index >= 15 is 0 Å². The van der Waals surface area contributed by atoms with Crippen LogP contribution in [0.4, 0.5) is 5.69 Å². The Kier molecular flexibility index (Phi) is 23.3. The highest BCUT2D eigenvalue weighted by atomic mass is 32.2. The second kappa shape index (κ2) is 27.8. The zero-order valence-electron chi connectivity index (χ0n) is 41.1. The van der Waals surface area contributed by atoms with Crippen LogP contribution in [-0.2, 0) is 74.4 Å². The summed E-state index contributed by atoms with van der Waals surface area (Å²) in [7, 11) is -13.8. The van der Waals surface area contributed by atoms with Crippen molar-refractivity contribution in [3.63, 3.8) is 0 Å². The molecule has 2 heterocycles. The molecule has 1 N–H and O–H groups in total. The Hall–Kier alpha value is -4.11. The van der Waals surface area contributed by atoms with Crippen molar-refractivity contribution in [3.8, 4) is 11.3 Å². The van der Waals surface area contributed by atoms with Gasteiger partial charge in [0.2, 0.25) is 5.36 Å². The number of fused-ring (bicyclic) bond motifs is 2. The smallest absolute Gasteiger partial charge is 0.305 e. The van der Waals surface area contributed by atoms with E-state index in [4.69, 9.17) is 37.9 Å². The first-order valence-electron chi connectivity index (χ1n) is 23.4. The quantitative estimate of drug-likeness (QED) is 0.0514. The summed E-state index contributed by atoms with van der Waals surface area (Å²) in [4.78, 5) is 11.9. The minimum absolute atomic E-state index is 0.0551. The zero-order valence-corrected chi connectivity index (χ0v) is 43.6. The molecule has 4 rings (SSSR count). The molecule has 0 fully saturated rings. The molecule has 3 aliphatic rings. The molecule has 0 bridgehead atoms. The summed E-state index contributed by atoms with van der Waals surface area (Å²) in [5.41, 5.74) is 2.11. The van der Waals surface area contributed by atoms with E-state index in [9.17, 15) is 43.7 Å². The van der Waals surface area contributed by atoms with E-state index < -0.39 is 58.1 Å². The van der Waals surface area contributed by atoms with Crippen LogP contribution < -0.4 is 14.8 Å². The van der Waals surface area contributed by atoms with Gasteiger partial charge in [-0.15, -0.1) is 0 Å². The van der Waals surface area contributed by atoms with Crippen LogP contribution in [0.25, 0.3) is 17.4 Å². The van der Waals surface area contributed by atoms with Crippen molar-refractivity contribution in [1.29, 1.82) is 0 Å². The molecule has 398 valence electrons. The van der Waals surface area contributed by atoms with Crippen LogP contribution in [0.5, 0.6) is 0 Å². The van der Waals surface area contributed by atoms with Gasteiger partial charge in [-0.2, -0.15) is 0 Å². The predicted molar refractivity (Wildman–Crippen MR) is 261 cm³/mol. The summed E-state index contributed by atoms with van der Waals surface area (Å²) in [5, 5.41) is 9.37. The van der Waals surface area contributed by atoms with Crippen molar-refractivity contribution in [2.24, 2.45) is 0 Å². The molecule has 0 amide bonds. The van der Waals surface area contributed by atoms with Gasteiger partial charge in [-0.25, -0.2) is 29.8 Å². The second-order valence-corrected chi connectivity index (χ2v) is 22.3. The third-order valence-corrected chi connectivity index (χ3v) is 13.9. The third kappa shape index (κ3) is 20.0. The van der Waals surface area contributed by atoms with Crippen molar-refractivity contribution < 1.29 is 81.7 Å². The van der Waals surface area contributed by atoms with Gasteiger partial charge >= 0.3 is 5.97 Å². The number of carboxylic acids is 1. The van der Waals surface area contributed by atoms with Crippen LogP contribution in [0.1, 0.15) is 77.2 Å². The van der Waals surface area contributed by atoms with Crippen molar-refractivity contribution in [2.45, 2.75) is 76.0 Å². The monoisotopic (exact) mass is 1060 g/mol. The van der Waals surface area contributed by atoms with E-state index in [1.165, 1.54) is 18.2 Å². The van der Waals surface area contributed by atoms with Gasteiger partial charge in [0, 0.05) is 52.9 Å². The van der Waals surface area contributed by atoms with E-state index in [-0.39, 0.29) is 64.1 Å². The Balaban J connectivity index is 1.49. The van der Waals surface area contributed by atoms with Gasteiger partial charge in [0.25, 0.3) is 0 Å². The summed E-state index contributed by atoms with van der Waals surface area (Å²) < 4.78 is 147. The highest BCUT2D eigenvalue weighted by Gasteiger charge is 2.43. The van der Waals surface area contributed by atoms with Gasteiger partial charge in [-0.05, 0) is 85.7 Å². The maximum Gasteiger partial charge on any atom is 0.305 e. The number of benzene rings is 2. The number of ether oxygens (including phenoxy) is 6. The van der Waals surface area contributed by atoms with E-state index in [0.717, 1.165) is 16.5 Å². The molecular weight excluding hydrogens is 989 g/mol. The Morgan fingerprint density at radius 2 is 1.31 bits per heavy atom. The lowest BCUT2D eigenvalue weighted by Gasteiger charge is -2.30. The average Bonchev–Trinajstić information content (AvgIpc) is 3.50. The molecule has 0 saturated carbocycles. The fourth-order valence-electron chi connectivity index (χ4n) is 8.04. The lowest BCUT2D eigenvalue weighted by Crippen LogP contribution is -2.31. The van der Waals surface area contributed by atoms with E-state index in [2.05, 4.69) is 20.8 Å². The van der Waals surface area contributed by atoms with Crippen molar-refractivity contribution in [2.75, 3.05) is 115 Å². The number of carbonyl (C=O) groups is 1. The van der Waals surface area contributed by atoms with Gasteiger partial charge in [0.1, 0.15) is 34.7 Å². The zero-order chi connectivity index (χ0) is 52.3. The molecule has 0 spiro atoms. The number of hydrogen-bond acceptors (Lipinski definition) is 18. The molecule has 1 aliphatic carbocycles. The number of rotatable bonds is 33. The third-order valence-electron chi connectivity index (χ3n) is 11.5. The summed E-state index contributed by atoms with van der Waals surface area (Å²) in [6.07, 6.45) is 5.48. The highest BCUT2D eigenvalue weighted by molar-refractivity contribution is 7.86. The molecule has 20 nitrogen and oxygen atoms in total. The highest BCUT2D eigenvalue weighted by Crippen LogP contribution is 2.51. The van der Waals surface area contributed by atoms with Gasteiger partial charge in [-0.1, -0.05) is 26.8 Å². The molecule has 1 atom stereocenters. The summed E-state index contributed by atoms with van der Waals surface area (Å²) in [6, 6.07) is 11.8. The average molecular weight is 1060 g/mol. The summed E-state index contributed by atoms with van der Waals surface area (Å²) in [6.45, 7) is 14.6. The molecule has 0 saturated heterocycles. The standard InChI is InChI=1S/C48H70N2O18S3/c1-6-49(18-9-33-70(56,57)58)37-12-14-40-41(47(2,3)4)35-38(68-44(40)34-37)10-7-11-45-48(5,17-8-32-69(53,54)55)42-36-39(71(59,60)61)13-15-43(42)50(45)19-21-63-23-25-65-27-29-67-31-30-66-28-26-64-24-22-62-20-16-46(51)52/h7,10-15,34-36H,6,8-9,16-33H2,1-5H3,(H3-,51,52,53,54,55,56,57,58,59,60,61)/p-2. The van der Waals surface area contributed by atoms with Gasteiger partial charge in [-0.3, -0.25) is 4.79 Å². The van der Waals surface area contributed by atoms with E-state index in [0.29, 0.717) is 94.4 Å². The number of allylic oxidation sites excluding steroid dienone is 3. The van der Waals surface area contributed by atoms with Crippen LogP contribution >= 0.6 is 0 Å². The maximum atomic E-state index is 12.3. The maximum absolute atomic E-state index is 12.3. The second-order valence-electron chi connectivity index (χ2n) is 17.9.